The summed E-state index contributed by atoms with van der Waals surface area (Å²) in [5.41, 5.74) is 3.03. The first kappa shape index (κ1) is 9.03. The summed E-state index contributed by atoms with van der Waals surface area (Å²) < 4.78 is 0. The highest BCUT2D eigenvalue weighted by molar-refractivity contribution is 5.58. The largest absolute Gasteiger partial charge is 0.733 e. The molecule has 0 unspecified atom stereocenters. The van der Waals surface area contributed by atoms with Crippen molar-refractivity contribution in [3.63, 3.8) is 0 Å². The second kappa shape index (κ2) is 3.13. The molecule has 12 heavy (non-hydrogen) atoms. The smallest absolute Gasteiger partial charge is 0.0567 e. The Morgan fingerprint density at radius 1 is 1.17 bits per heavy atom. The van der Waals surface area contributed by atoms with Gasteiger partial charge in [-0.3, -0.25) is 5.21 Å². The van der Waals surface area contributed by atoms with Crippen molar-refractivity contribution in [1.29, 1.82) is 0 Å². The lowest BCUT2D eigenvalue weighted by Crippen LogP contribution is -2.10. The Kier molecular flexibility index (Phi) is 2.35. The van der Waals surface area contributed by atoms with E-state index in [4.69, 9.17) is 5.21 Å². The van der Waals surface area contributed by atoms with E-state index in [1.54, 1.807) is 13.8 Å². The Balaban J connectivity index is 3.28. The summed E-state index contributed by atoms with van der Waals surface area (Å²) in [6.07, 6.45) is 0. The van der Waals surface area contributed by atoms with E-state index in [0.717, 1.165) is 16.7 Å². The quantitative estimate of drug-likeness (QED) is 0.651. The number of benzene rings is 1. The minimum absolute atomic E-state index is 0.0793. The van der Waals surface area contributed by atoms with E-state index < -0.39 is 0 Å². The molecule has 0 saturated heterocycles. The molecule has 66 valence electrons. The molecule has 0 saturated carbocycles. The number of nitrogens with zero attached hydrogens (tertiary/aromatic N) is 1. The van der Waals surface area contributed by atoms with Gasteiger partial charge < -0.3 is 10.4 Å². The van der Waals surface area contributed by atoms with Crippen molar-refractivity contribution in [3.8, 4) is 0 Å². The van der Waals surface area contributed by atoms with Gasteiger partial charge in [-0.05, 0) is 31.9 Å². The summed E-state index contributed by atoms with van der Waals surface area (Å²) in [6, 6.07) is 3.73. The van der Waals surface area contributed by atoms with Crippen LogP contribution in [0.25, 0.3) is 0 Å². The van der Waals surface area contributed by atoms with Crippen molar-refractivity contribution in [2.24, 2.45) is 0 Å². The molecule has 1 aromatic carbocycles. The normalized spacial score (nSPS) is 10.1. The third-order valence-corrected chi connectivity index (χ3v) is 1.83. The topological polar surface area (TPSA) is 46.5 Å². The zero-order chi connectivity index (χ0) is 9.30. The van der Waals surface area contributed by atoms with Crippen LogP contribution in [0.4, 0.5) is 5.69 Å². The van der Waals surface area contributed by atoms with Gasteiger partial charge in [0.05, 0.1) is 5.69 Å². The third-order valence-electron chi connectivity index (χ3n) is 1.83. The Hall–Kier alpha value is -1.06. The minimum atomic E-state index is -0.0793. The first-order valence-electron chi connectivity index (χ1n) is 3.76. The van der Waals surface area contributed by atoms with Gasteiger partial charge in [0.2, 0.25) is 0 Å². The summed E-state index contributed by atoms with van der Waals surface area (Å²) in [7, 11) is 0. The fourth-order valence-electron chi connectivity index (χ4n) is 1.47. The van der Waals surface area contributed by atoms with Crippen LogP contribution in [0.5, 0.6) is 0 Å². The zero-order valence-corrected chi connectivity index (χ0v) is 7.46. The Morgan fingerprint density at radius 3 is 1.92 bits per heavy atom. The second-order valence-corrected chi connectivity index (χ2v) is 3.02. The van der Waals surface area contributed by atoms with Gasteiger partial charge in [0.1, 0.15) is 0 Å². The highest BCUT2D eigenvalue weighted by Gasteiger charge is 2.02. The van der Waals surface area contributed by atoms with Gasteiger partial charge in [0.25, 0.3) is 0 Å². The first-order chi connectivity index (χ1) is 5.52. The predicted molar refractivity (Wildman–Crippen MR) is 48.3 cm³/mol. The van der Waals surface area contributed by atoms with Crippen LogP contribution in [0.1, 0.15) is 16.7 Å². The van der Waals surface area contributed by atoms with Crippen LogP contribution in [0.3, 0.4) is 0 Å². The average Bonchev–Trinajstić information content (AvgIpc) is 1.82. The van der Waals surface area contributed by atoms with E-state index in [1.165, 1.54) is 0 Å². The van der Waals surface area contributed by atoms with E-state index in [9.17, 15) is 5.21 Å². The molecule has 0 heterocycles. The maximum absolute atomic E-state index is 10.7. The molecule has 0 fully saturated rings. The lowest BCUT2D eigenvalue weighted by atomic mass is 10.1. The van der Waals surface area contributed by atoms with Gasteiger partial charge in [-0.2, -0.15) is 0 Å². The fraction of sp³-hybridized carbons (Fsp3) is 0.333. The summed E-state index contributed by atoms with van der Waals surface area (Å²) in [4.78, 5) is 0. The molecule has 1 N–H and O–H groups in total. The number of rotatable bonds is 1. The van der Waals surface area contributed by atoms with E-state index >= 15 is 0 Å². The van der Waals surface area contributed by atoms with Crippen molar-refractivity contribution < 1.29 is 5.21 Å². The molecule has 0 aliphatic heterocycles. The van der Waals surface area contributed by atoms with Crippen LogP contribution < -0.4 is 5.23 Å². The van der Waals surface area contributed by atoms with Crippen LogP contribution in [0, 0.1) is 26.0 Å². The van der Waals surface area contributed by atoms with Crippen LogP contribution in [0.15, 0.2) is 12.1 Å². The fourth-order valence-corrected chi connectivity index (χ4v) is 1.47. The third kappa shape index (κ3) is 1.57. The number of hydrogen-bond donors (Lipinski definition) is 1. The molecule has 0 spiro atoms. The van der Waals surface area contributed by atoms with E-state index in [0.29, 0.717) is 5.69 Å². The van der Waals surface area contributed by atoms with Crippen molar-refractivity contribution in [3.05, 3.63) is 34.0 Å². The van der Waals surface area contributed by atoms with E-state index in [-0.39, 0.29) is 5.23 Å². The molecule has 0 aliphatic rings. The molecule has 1 rings (SSSR count). The standard InChI is InChI=1S/C9H12NO2/c1-6-4-7(2)9(10(11)12)8(3)5-6/h4-5,11H,1-3H3/q-1. The van der Waals surface area contributed by atoms with Crippen molar-refractivity contribution in [1.82, 2.24) is 0 Å². The molecular weight excluding hydrogens is 154 g/mol. The summed E-state index contributed by atoms with van der Waals surface area (Å²) in [5.74, 6) is 0. The zero-order valence-electron chi connectivity index (χ0n) is 7.46. The first-order valence-corrected chi connectivity index (χ1v) is 3.76. The van der Waals surface area contributed by atoms with Gasteiger partial charge in [-0.1, -0.05) is 17.7 Å². The van der Waals surface area contributed by atoms with Crippen molar-refractivity contribution in [2.45, 2.75) is 20.8 Å². The molecule has 0 aliphatic carbocycles. The van der Waals surface area contributed by atoms with E-state index in [2.05, 4.69) is 0 Å². The molecule has 3 nitrogen and oxygen atoms in total. The van der Waals surface area contributed by atoms with E-state index in [1.807, 2.05) is 19.1 Å². The van der Waals surface area contributed by atoms with Gasteiger partial charge in [-0.15, -0.1) is 0 Å². The highest BCUT2D eigenvalue weighted by Crippen LogP contribution is 2.24. The van der Waals surface area contributed by atoms with Gasteiger partial charge >= 0.3 is 0 Å². The molecule has 1 aromatic rings. The van der Waals surface area contributed by atoms with Gasteiger partial charge in [0, 0.05) is 0 Å². The van der Waals surface area contributed by atoms with Crippen LogP contribution in [-0.4, -0.2) is 5.21 Å². The molecule has 0 bridgehead atoms. The second-order valence-electron chi connectivity index (χ2n) is 3.02. The Bertz CT molecular complexity index is 272. The number of aryl methyl sites for hydroxylation is 3. The summed E-state index contributed by atoms with van der Waals surface area (Å²) in [6.45, 7) is 5.56. The SMILES string of the molecule is Cc1cc(C)c(N([O-])O)c(C)c1. The number of hydrogen-bond acceptors (Lipinski definition) is 3. The highest BCUT2D eigenvalue weighted by atomic mass is 16.8. The van der Waals surface area contributed by atoms with Gasteiger partial charge in [-0.25, -0.2) is 0 Å². The lowest BCUT2D eigenvalue weighted by molar-refractivity contribution is 0.295. The molecule has 0 amide bonds. The monoisotopic (exact) mass is 166 g/mol. The maximum atomic E-state index is 10.7. The summed E-state index contributed by atoms with van der Waals surface area (Å²) >= 11 is 0. The molecular formula is C9H12NO2-. The average molecular weight is 166 g/mol. The molecule has 3 heteroatoms. The van der Waals surface area contributed by atoms with Crippen LogP contribution >= 0.6 is 0 Å². The van der Waals surface area contributed by atoms with Crippen LogP contribution in [0.2, 0.25) is 0 Å². The molecule has 0 radical (unpaired) electrons. The van der Waals surface area contributed by atoms with Crippen molar-refractivity contribution >= 4 is 5.69 Å². The van der Waals surface area contributed by atoms with Gasteiger partial charge in [0.15, 0.2) is 0 Å². The minimum Gasteiger partial charge on any atom is -0.733 e. The maximum Gasteiger partial charge on any atom is 0.0567 e. The number of anilines is 1. The summed E-state index contributed by atoms with van der Waals surface area (Å²) in [5, 5.41) is 19.3. The molecule has 0 atom stereocenters. The van der Waals surface area contributed by atoms with Crippen molar-refractivity contribution in [2.75, 3.05) is 5.23 Å². The predicted octanol–water partition coefficient (Wildman–Crippen LogP) is 2.31. The Labute approximate surface area is 71.8 Å². The Morgan fingerprint density at radius 2 is 1.58 bits per heavy atom. The lowest BCUT2D eigenvalue weighted by Gasteiger charge is -2.26. The van der Waals surface area contributed by atoms with Crippen LogP contribution in [-0.2, 0) is 0 Å². The molecule has 0 aromatic heterocycles.